The van der Waals surface area contributed by atoms with E-state index in [1.165, 1.54) is 17.9 Å². The second-order valence-corrected chi connectivity index (χ2v) is 7.04. The molecule has 4 N–H and O–H groups in total. The first kappa shape index (κ1) is 17.4. The number of nitrogens with zero attached hydrogens (tertiary/aromatic N) is 7. The second-order valence-electron chi connectivity index (χ2n) is 7.04. The fourth-order valence-electron chi connectivity index (χ4n) is 3.45. The highest BCUT2D eigenvalue weighted by atomic mass is 16.2. The molecular formula is C19H23N11O2. The highest BCUT2D eigenvalue weighted by Gasteiger charge is 2.32. The topological polar surface area (TPSA) is 155 Å². The van der Waals surface area contributed by atoms with E-state index in [0.717, 1.165) is 11.3 Å². The van der Waals surface area contributed by atoms with Gasteiger partial charge in [-0.05, 0) is 13.0 Å². The van der Waals surface area contributed by atoms with Crippen LogP contribution in [0.25, 0.3) is 11.3 Å². The summed E-state index contributed by atoms with van der Waals surface area (Å²) in [6.45, 7) is -0.765. The van der Waals surface area contributed by atoms with Crippen LogP contribution in [0.2, 0.25) is 0 Å². The van der Waals surface area contributed by atoms with Crippen LogP contribution in [0, 0.1) is 0 Å². The molecule has 0 radical (unpaired) electrons. The van der Waals surface area contributed by atoms with Gasteiger partial charge in [-0.2, -0.15) is 15.0 Å². The number of hydrogen-bond donors (Lipinski definition) is 4. The maximum atomic E-state index is 12.7. The summed E-state index contributed by atoms with van der Waals surface area (Å²) in [5.74, 6) is -0.593. The SMILES string of the molecule is [2H]C([2H])([2H])NC(=O)c1nnc(NC(=O)NC)cc1Nc1nccc2c1N(C)[C@@H](C)c1nn(C)nc1-2. The van der Waals surface area contributed by atoms with Crippen molar-refractivity contribution in [2.24, 2.45) is 7.05 Å². The molecule has 0 fully saturated rings. The maximum absolute atomic E-state index is 12.7. The summed E-state index contributed by atoms with van der Waals surface area (Å²) >= 11 is 0. The highest BCUT2D eigenvalue weighted by molar-refractivity contribution is 6.00. The average molecular weight is 440 g/mol. The Kier molecular flexibility index (Phi) is 4.40. The lowest BCUT2D eigenvalue weighted by Gasteiger charge is -2.33. The fraction of sp³-hybridized carbons (Fsp3) is 0.316. The van der Waals surface area contributed by atoms with Gasteiger partial charge < -0.3 is 20.9 Å². The van der Waals surface area contributed by atoms with E-state index >= 15 is 0 Å². The number of carbonyl (C=O) groups excluding carboxylic acids is 2. The Morgan fingerprint density at radius 2 is 2.00 bits per heavy atom. The van der Waals surface area contributed by atoms with Crippen LogP contribution in [0.1, 0.15) is 33.3 Å². The molecule has 0 saturated carbocycles. The first-order valence-corrected chi connectivity index (χ1v) is 9.58. The molecule has 0 saturated heterocycles. The number of hydrogen-bond acceptors (Lipinski definition) is 9. The molecule has 0 aliphatic carbocycles. The Hall–Kier alpha value is -4.29. The third-order valence-corrected chi connectivity index (χ3v) is 5.09. The van der Waals surface area contributed by atoms with Gasteiger partial charge in [0.2, 0.25) is 0 Å². The van der Waals surface area contributed by atoms with Gasteiger partial charge in [0.15, 0.2) is 17.3 Å². The molecule has 3 aromatic heterocycles. The zero-order chi connectivity index (χ0) is 25.5. The third-order valence-electron chi connectivity index (χ3n) is 5.09. The zero-order valence-electron chi connectivity index (χ0n) is 20.8. The standard InChI is InChI=1S/C19H23N11O2/c1-9-13-14(28-30(5)27-13)10-6-7-22-17(16(10)29(9)4)23-11-8-12(24-19(32)21-3)25-26-15(11)18(31)20-2/h6-9H,1-5H3,(H,20,31)(H3,21,22,23,24,25,32)/t9-/m0/s1/i2D3. The van der Waals surface area contributed by atoms with Crippen molar-refractivity contribution in [3.05, 3.63) is 29.7 Å². The zero-order valence-corrected chi connectivity index (χ0v) is 17.8. The van der Waals surface area contributed by atoms with Crippen LogP contribution in [-0.2, 0) is 7.05 Å². The molecule has 1 atom stereocenters. The van der Waals surface area contributed by atoms with Crippen LogP contribution in [0.3, 0.4) is 0 Å². The minimum Gasteiger partial charge on any atom is -0.363 e. The molecule has 166 valence electrons. The van der Waals surface area contributed by atoms with E-state index in [1.807, 2.05) is 30.3 Å². The Balaban J connectivity index is 1.80. The molecule has 0 aromatic carbocycles. The van der Waals surface area contributed by atoms with E-state index < -0.39 is 18.9 Å². The van der Waals surface area contributed by atoms with Gasteiger partial charge in [-0.25, -0.2) is 9.78 Å². The Morgan fingerprint density at radius 1 is 1.19 bits per heavy atom. The largest absolute Gasteiger partial charge is 0.363 e. The first-order chi connectivity index (χ1) is 16.5. The van der Waals surface area contributed by atoms with Gasteiger partial charge in [-0.3, -0.25) is 10.1 Å². The summed E-state index contributed by atoms with van der Waals surface area (Å²) in [6.07, 6.45) is 1.57. The van der Waals surface area contributed by atoms with Crippen LogP contribution in [0.15, 0.2) is 18.3 Å². The van der Waals surface area contributed by atoms with Gasteiger partial charge in [0.25, 0.3) is 5.91 Å². The average Bonchev–Trinajstić information content (AvgIpc) is 3.18. The van der Waals surface area contributed by atoms with E-state index in [0.29, 0.717) is 17.2 Å². The molecule has 3 amide bonds. The van der Waals surface area contributed by atoms with E-state index in [9.17, 15) is 9.59 Å². The maximum Gasteiger partial charge on any atom is 0.320 e. The highest BCUT2D eigenvalue weighted by Crippen LogP contribution is 2.45. The van der Waals surface area contributed by atoms with Crippen molar-refractivity contribution >= 4 is 34.9 Å². The number of pyridine rings is 1. The first-order valence-electron chi connectivity index (χ1n) is 11.1. The van der Waals surface area contributed by atoms with Gasteiger partial charge in [0.05, 0.1) is 17.4 Å². The van der Waals surface area contributed by atoms with Crippen LogP contribution >= 0.6 is 0 Å². The molecule has 4 rings (SSSR count). The van der Waals surface area contributed by atoms with Crippen LogP contribution in [-0.4, -0.2) is 63.2 Å². The minimum absolute atomic E-state index is 0.0278. The number of anilines is 4. The summed E-state index contributed by atoms with van der Waals surface area (Å²) in [4.78, 5) is 32.3. The van der Waals surface area contributed by atoms with Gasteiger partial charge in [-0.15, -0.1) is 10.2 Å². The van der Waals surface area contributed by atoms with Crippen molar-refractivity contribution in [1.29, 1.82) is 0 Å². The van der Waals surface area contributed by atoms with Crippen LogP contribution < -0.4 is 26.2 Å². The van der Waals surface area contributed by atoms with Crippen molar-refractivity contribution in [2.75, 3.05) is 36.6 Å². The van der Waals surface area contributed by atoms with Gasteiger partial charge in [0.1, 0.15) is 11.4 Å². The number of amides is 3. The molecule has 1 aliphatic heterocycles. The predicted molar refractivity (Wildman–Crippen MR) is 118 cm³/mol. The summed E-state index contributed by atoms with van der Waals surface area (Å²) in [6, 6.07) is 2.49. The normalized spacial score (nSPS) is 16.1. The molecule has 32 heavy (non-hydrogen) atoms. The number of nitrogens with one attached hydrogen (secondary N) is 4. The number of rotatable bonds is 4. The third kappa shape index (κ3) is 3.53. The monoisotopic (exact) mass is 440 g/mol. The lowest BCUT2D eigenvalue weighted by atomic mass is 9.99. The lowest BCUT2D eigenvalue weighted by molar-refractivity contribution is 0.0958. The Labute approximate surface area is 187 Å². The molecule has 0 bridgehead atoms. The van der Waals surface area contributed by atoms with Crippen molar-refractivity contribution < 1.29 is 13.7 Å². The van der Waals surface area contributed by atoms with Crippen LogP contribution in [0.4, 0.5) is 27.8 Å². The van der Waals surface area contributed by atoms with Crippen molar-refractivity contribution in [3.63, 3.8) is 0 Å². The molecule has 0 unspecified atom stereocenters. The van der Waals surface area contributed by atoms with Crippen molar-refractivity contribution in [2.45, 2.75) is 13.0 Å². The smallest absolute Gasteiger partial charge is 0.320 e. The summed E-state index contributed by atoms with van der Waals surface area (Å²) in [7, 11) is 5.04. The van der Waals surface area contributed by atoms with E-state index in [1.54, 1.807) is 13.2 Å². The molecule has 4 heterocycles. The lowest BCUT2D eigenvalue weighted by Crippen LogP contribution is -2.28. The summed E-state index contributed by atoms with van der Waals surface area (Å²) in [5, 5.41) is 26.4. The summed E-state index contributed by atoms with van der Waals surface area (Å²) < 4.78 is 22.0. The summed E-state index contributed by atoms with van der Waals surface area (Å²) in [5.41, 5.74) is 2.75. The Morgan fingerprint density at radius 3 is 2.75 bits per heavy atom. The van der Waals surface area contributed by atoms with Gasteiger partial charge in [-0.1, -0.05) is 0 Å². The van der Waals surface area contributed by atoms with Gasteiger partial charge in [0, 0.05) is 50.1 Å². The number of carbonyl (C=O) groups is 2. The van der Waals surface area contributed by atoms with E-state index in [4.69, 9.17) is 4.11 Å². The van der Waals surface area contributed by atoms with E-state index in [2.05, 4.69) is 41.3 Å². The second kappa shape index (κ2) is 8.09. The molecule has 13 nitrogen and oxygen atoms in total. The Bertz CT molecular complexity index is 1310. The number of fused-ring (bicyclic) bond motifs is 3. The number of urea groups is 1. The molecular weight excluding hydrogens is 414 g/mol. The fourth-order valence-corrected chi connectivity index (χ4v) is 3.45. The van der Waals surface area contributed by atoms with Crippen molar-refractivity contribution in [1.82, 2.24) is 40.8 Å². The number of aryl methyl sites for hydroxylation is 1. The molecule has 0 spiro atoms. The quantitative estimate of drug-likeness (QED) is 0.465. The molecule has 13 heteroatoms. The minimum atomic E-state index is -2.74. The van der Waals surface area contributed by atoms with Crippen LogP contribution in [0.5, 0.6) is 0 Å². The number of aromatic nitrogens is 6. The molecule has 3 aromatic rings. The molecule has 1 aliphatic rings. The van der Waals surface area contributed by atoms with Crippen molar-refractivity contribution in [3.8, 4) is 11.3 Å². The predicted octanol–water partition coefficient (Wildman–Crippen LogP) is 1.03. The van der Waals surface area contributed by atoms with Gasteiger partial charge >= 0.3 is 6.03 Å². The van der Waals surface area contributed by atoms with E-state index in [-0.39, 0.29) is 23.2 Å².